The molecule has 0 N–H and O–H groups in total. The lowest BCUT2D eigenvalue weighted by atomic mass is 9.93. The van der Waals surface area contributed by atoms with E-state index in [0.717, 1.165) is 47.2 Å². The monoisotopic (exact) mass is 462 g/mol. The fourth-order valence-electron chi connectivity index (χ4n) is 5.65. The molecule has 5 nitrogen and oxygen atoms in total. The van der Waals surface area contributed by atoms with Crippen molar-refractivity contribution in [3.8, 4) is 11.3 Å². The normalized spacial score (nSPS) is 19.0. The standard InChI is InChI=1S/C26H21F3N4O/c1-13-8-14-4-3-7-30-23(14)18(9-13)26(34)33-16-5-6-21(33)24-17(12-16)25(32(2)31-24)15-10-19(27)22(29)20(28)11-15/h3-4,7-11,16,21H,5-6,12H2,1-2H3. The quantitative estimate of drug-likeness (QED) is 0.382. The summed E-state index contributed by atoms with van der Waals surface area (Å²) in [6.07, 6.45) is 3.75. The number of fused-ring (bicyclic) bond motifs is 5. The minimum atomic E-state index is -1.49. The number of carbonyl (C=O) groups excluding carboxylic acids is 1. The van der Waals surface area contributed by atoms with Crippen molar-refractivity contribution in [3.05, 3.63) is 82.4 Å². The zero-order chi connectivity index (χ0) is 23.7. The van der Waals surface area contributed by atoms with Gasteiger partial charge in [-0.1, -0.05) is 6.07 Å². The summed E-state index contributed by atoms with van der Waals surface area (Å²) < 4.78 is 43.1. The van der Waals surface area contributed by atoms with Gasteiger partial charge >= 0.3 is 0 Å². The highest BCUT2D eigenvalue weighted by Gasteiger charge is 2.46. The van der Waals surface area contributed by atoms with Gasteiger partial charge in [0, 0.05) is 35.8 Å². The molecule has 1 fully saturated rings. The molecule has 4 heterocycles. The highest BCUT2D eigenvalue weighted by molar-refractivity contribution is 6.06. The third kappa shape index (κ3) is 2.97. The molecule has 0 saturated carbocycles. The summed E-state index contributed by atoms with van der Waals surface area (Å²) in [6, 6.07) is 9.37. The molecule has 2 atom stereocenters. The number of aromatic nitrogens is 3. The first-order valence-electron chi connectivity index (χ1n) is 11.2. The Morgan fingerprint density at radius 3 is 2.62 bits per heavy atom. The van der Waals surface area contributed by atoms with Crippen LogP contribution >= 0.6 is 0 Å². The predicted molar refractivity (Wildman–Crippen MR) is 121 cm³/mol. The van der Waals surface area contributed by atoms with Crippen LogP contribution in [0.1, 0.15) is 46.1 Å². The molecular weight excluding hydrogens is 441 g/mol. The topological polar surface area (TPSA) is 51.0 Å². The van der Waals surface area contributed by atoms with Gasteiger partial charge < -0.3 is 4.90 Å². The fraction of sp³-hybridized carbons (Fsp3) is 0.269. The largest absolute Gasteiger partial charge is 0.327 e. The zero-order valence-corrected chi connectivity index (χ0v) is 18.6. The second kappa shape index (κ2) is 7.41. The number of benzene rings is 2. The molecule has 0 aliphatic carbocycles. The molecule has 8 heteroatoms. The first-order chi connectivity index (χ1) is 16.3. The summed E-state index contributed by atoms with van der Waals surface area (Å²) in [7, 11) is 1.70. The summed E-state index contributed by atoms with van der Waals surface area (Å²) in [5.41, 5.74) is 4.60. The van der Waals surface area contributed by atoms with Crippen LogP contribution in [0.15, 0.2) is 42.6 Å². The Hall–Kier alpha value is -3.68. The minimum absolute atomic E-state index is 0.0673. The summed E-state index contributed by atoms with van der Waals surface area (Å²) in [6.45, 7) is 1.96. The molecule has 1 amide bonds. The van der Waals surface area contributed by atoms with Crippen LogP contribution in [0, 0.1) is 24.4 Å². The van der Waals surface area contributed by atoms with Crippen LogP contribution < -0.4 is 0 Å². The molecule has 0 radical (unpaired) electrons. The molecule has 1 saturated heterocycles. The van der Waals surface area contributed by atoms with Crippen LogP contribution in [0.5, 0.6) is 0 Å². The van der Waals surface area contributed by atoms with Gasteiger partial charge in [-0.05, 0) is 62.1 Å². The maximum Gasteiger partial charge on any atom is 0.256 e. The molecular formula is C26H21F3N4O. The van der Waals surface area contributed by atoms with E-state index >= 15 is 0 Å². The average Bonchev–Trinajstić information content (AvgIpc) is 3.32. The van der Waals surface area contributed by atoms with Crippen LogP contribution in [0.3, 0.4) is 0 Å². The summed E-state index contributed by atoms with van der Waals surface area (Å²) in [5, 5.41) is 5.58. The van der Waals surface area contributed by atoms with E-state index in [-0.39, 0.29) is 23.6 Å². The van der Waals surface area contributed by atoms with Crippen molar-refractivity contribution in [2.75, 3.05) is 0 Å². The summed E-state index contributed by atoms with van der Waals surface area (Å²) >= 11 is 0. The Morgan fingerprint density at radius 2 is 1.85 bits per heavy atom. The zero-order valence-electron chi connectivity index (χ0n) is 18.6. The van der Waals surface area contributed by atoms with Crippen molar-refractivity contribution in [1.82, 2.24) is 19.7 Å². The van der Waals surface area contributed by atoms with Gasteiger partial charge in [-0.15, -0.1) is 0 Å². The summed E-state index contributed by atoms with van der Waals surface area (Å²) in [4.78, 5) is 20.2. The van der Waals surface area contributed by atoms with Crippen LogP contribution in [0.25, 0.3) is 22.2 Å². The van der Waals surface area contributed by atoms with Crippen molar-refractivity contribution in [1.29, 1.82) is 0 Å². The number of rotatable bonds is 2. The Labute approximate surface area is 193 Å². The number of pyridine rings is 1. The molecule has 4 aromatic rings. The number of carbonyl (C=O) groups is 1. The van der Waals surface area contributed by atoms with Gasteiger partial charge in [-0.2, -0.15) is 5.10 Å². The molecule has 2 unspecified atom stereocenters. The lowest BCUT2D eigenvalue weighted by Gasteiger charge is -2.34. The molecule has 172 valence electrons. The van der Waals surface area contributed by atoms with E-state index < -0.39 is 17.5 Å². The minimum Gasteiger partial charge on any atom is -0.327 e. The second-order valence-corrected chi connectivity index (χ2v) is 9.14. The van der Waals surface area contributed by atoms with Gasteiger partial charge in [0.05, 0.1) is 28.5 Å². The van der Waals surface area contributed by atoms with Crippen LogP contribution in [-0.2, 0) is 13.5 Å². The third-order valence-corrected chi connectivity index (χ3v) is 7.01. The SMILES string of the molecule is Cc1cc(C(=O)N2C3CCC2c2nn(C)c(-c4cc(F)c(F)c(F)c4)c2C3)c2ncccc2c1. The maximum atomic E-state index is 14.0. The number of hydrogen-bond acceptors (Lipinski definition) is 3. The van der Waals surface area contributed by atoms with E-state index in [0.29, 0.717) is 23.2 Å². The number of nitrogens with zero attached hydrogens (tertiary/aromatic N) is 4. The van der Waals surface area contributed by atoms with Crippen molar-refractivity contribution >= 4 is 16.8 Å². The van der Waals surface area contributed by atoms with Gasteiger partial charge in [-0.3, -0.25) is 14.5 Å². The molecule has 2 aromatic carbocycles. The van der Waals surface area contributed by atoms with E-state index in [9.17, 15) is 18.0 Å². The van der Waals surface area contributed by atoms with E-state index in [4.69, 9.17) is 0 Å². The first kappa shape index (κ1) is 20.9. The van der Waals surface area contributed by atoms with Crippen LogP contribution in [-0.4, -0.2) is 31.6 Å². The van der Waals surface area contributed by atoms with Crippen LogP contribution in [0.2, 0.25) is 0 Å². The molecule has 0 spiro atoms. The van der Waals surface area contributed by atoms with E-state index in [2.05, 4.69) is 10.1 Å². The molecule has 6 rings (SSSR count). The van der Waals surface area contributed by atoms with E-state index in [1.165, 1.54) is 0 Å². The average molecular weight is 462 g/mol. The van der Waals surface area contributed by atoms with Crippen molar-refractivity contribution < 1.29 is 18.0 Å². The highest BCUT2D eigenvalue weighted by Crippen LogP contribution is 2.47. The Morgan fingerprint density at radius 1 is 1.09 bits per heavy atom. The number of halogens is 3. The number of aryl methyl sites for hydroxylation is 2. The predicted octanol–water partition coefficient (Wildman–Crippen LogP) is 5.26. The van der Waals surface area contributed by atoms with Crippen molar-refractivity contribution in [2.45, 2.75) is 38.3 Å². The smallest absolute Gasteiger partial charge is 0.256 e. The molecule has 2 aliphatic heterocycles. The van der Waals surface area contributed by atoms with Gasteiger partial charge in [0.15, 0.2) is 17.5 Å². The highest BCUT2D eigenvalue weighted by atomic mass is 19.2. The molecule has 2 aromatic heterocycles. The molecule has 2 aliphatic rings. The Balaban J connectivity index is 1.44. The second-order valence-electron chi connectivity index (χ2n) is 9.14. The Kier molecular flexibility index (Phi) is 4.56. The fourth-order valence-corrected chi connectivity index (χ4v) is 5.65. The molecule has 34 heavy (non-hydrogen) atoms. The van der Waals surface area contributed by atoms with E-state index in [1.54, 1.807) is 17.9 Å². The van der Waals surface area contributed by atoms with Gasteiger partial charge in [-0.25, -0.2) is 13.2 Å². The first-order valence-corrected chi connectivity index (χ1v) is 11.2. The van der Waals surface area contributed by atoms with E-state index in [1.807, 2.05) is 36.1 Å². The van der Waals surface area contributed by atoms with Gasteiger partial charge in [0.25, 0.3) is 5.91 Å². The van der Waals surface area contributed by atoms with Crippen LogP contribution in [0.4, 0.5) is 13.2 Å². The van der Waals surface area contributed by atoms with Crippen molar-refractivity contribution in [2.24, 2.45) is 7.05 Å². The number of hydrogen-bond donors (Lipinski definition) is 0. The Bertz CT molecular complexity index is 1470. The van der Waals surface area contributed by atoms with Crippen molar-refractivity contribution in [3.63, 3.8) is 0 Å². The third-order valence-electron chi connectivity index (χ3n) is 7.01. The lowest BCUT2D eigenvalue weighted by Crippen LogP contribution is -2.42. The maximum absolute atomic E-state index is 14.0. The van der Waals surface area contributed by atoms with Gasteiger partial charge in [0.2, 0.25) is 0 Å². The van der Waals surface area contributed by atoms with Gasteiger partial charge in [0.1, 0.15) is 0 Å². The lowest BCUT2D eigenvalue weighted by molar-refractivity contribution is 0.0644. The summed E-state index contributed by atoms with van der Waals surface area (Å²) in [5.74, 6) is -4.05. The molecule has 2 bridgehead atoms. The number of amides is 1.